The van der Waals surface area contributed by atoms with Gasteiger partial charge in [-0.15, -0.1) is 0 Å². The van der Waals surface area contributed by atoms with E-state index in [1.54, 1.807) is 6.07 Å². The lowest BCUT2D eigenvalue weighted by Crippen LogP contribution is -2.28. The standard InChI is InChI=1S/C16H23F2N/c17-14-5-4-13(12-15(14)18)6-9-16(10-11-19)7-2-1-3-8-16/h4-5,12H,1-3,6-11,19H2. The Labute approximate surface area is 114 Å². The number of aryl methyl sites for hydroxylation is 1. The average molecular weight is 267 g/mol. The molecule has 2 N–H and O–H groups in total. The van der Waals surface area contributed by atoms with Crippen molar-refractivity contribution in [3.8, 4) is 0 Å². The molecule has 1 aromatic rings. The number of rotatable bonds is 5. The van der Waals surface area contributed by atoms with E-state index in [9.17, 15) is 8.78 Å². The predicted molar refractivity (Wildman–Crippen MR) is 73.9 cm³/mol. The van der Waals surface area contributed by atoms with Crippen molar-refractivity contribution in [2.75, 3.05) is 6.54 Å². The van der Waals surface area contributed by atoms with E-state index in [0.29, 0.717) is 5.41 Å². The third-order valence-corrected chi connectivity index (χ3v) is 4.52. The maximum absolute atomic E-state index is 13.2. The van der Waals surface area contributed by atoms with Crippen molar-refractivity contribution in [1.29, 1.82) is 0 Å². The molecule has 0 saturated heterocycles. The highest BCUT2D eigenvalue weighted by Gasteiger charge is 2.30. The summed E-state index contributed by atoms with van der Waals surface area (Å²) in [6, 6.07) is 4.24. The zero-order valence-corrected chi connectivity index (χ0v) is 11.4. The molecule has 19 heavy (non-hydrogen) atoms. The monoisotopic (exact) mass is 267 g/mol. The van der Waals surface area contributed by atoms with Gasteiger partial charge in [0, 0.05) is 0 Å². The topological polar surface area (TPSA) is 26.0 Å². The zero-order valence-electron chi connectivity index (χ0n) is 11.4. The van der Waals surface area contributed by atoms with Gasteiger partial charge < -0.3 is 5.73 Å². The van der Waals surface area contributed by atoms with Gasteiger partial charge in [0.2, 0.25) is 0 Å². The molecule has 0 bridgehead atoms. The van der Waals surface area contributed by atoms with Crippen LogP contribution in [0.1, 0.15) is 50.5 Å². The summed E-state index contributed by atoms with van der Waals surface area (Å²) >= 11 is 0. The molecule has 1 aliphatic carbocycles. The van der Waals surface area contributed by atoms with Gasteiger partial charge in [-0.05, 0) is 61.8 Å². The van der Waals surface area contributed by atoms with Gasteiger partial charge in [0.25, 0.3) is 0 Å². The van der Waals surface area contributed by atoms with Crippen LogP contribution in [-0.4, -0.2) is 6.54 Å². The Bertz CT molecular complexity index is 406. The molecule has 106 valence electrons. The Morgan fingerprint density at radius 3 is 2.37 bits per heavy atom. The molecule has 2 rings (SSSR count). The molecule has 0 spiro atoms. The Balaban J connectivity index is 1.99. The van der Waals surface area contributed by atoms with Crippen LogP contribution >= 0.6 is 0 Å². The maximum Gasteiger partial charge on any atom is 0.159 e. The maximum atomic E-state index is 13.2. The van der Waals surface area contributed by atoms with Crippen LogP contribution in [0.3, 0.4) is 0 Å². The van der Waals surface area contributed by atoms with E-state index >= 15 is 0 Å². The molecule has 1 saturated carbocycles. The molecule has 0 amide bonds. The summed E-state index contributed by atoms with van der Waals surface area (Å²) in [7, 11) is 0. The van der Waals surface area contributed by atoms with E-state index in [2.05, 4.69) is 0 Å². The lowest BCUT2D eigenvalue weighted by molar-refractivity contribution is 0.161. The first kappa shape index (κ1) is 14.4. The van der Waals surface area contributed by atoms with Crippen LogP contribution < -0.4 is 5.73 Å². The molecule has 0 unspecified atom stereocenters. The van der Waals surface area contributed by atoms with Crippen molar-refractivity contribution in [2.24, 2.45) is 11.1 Å². The predicted octanol–water partition coefficient (Wildman–Crippen LogP) is 4.20. The third kappa shape index (κ3) is 3.75. The summed E-state index contributed by atoms with van der Waals surface area (Å²) in [5, 5.41) is 0. The van der Waals surface area contributed by atoms with E-state index in [4.69, 9.17) is 5.73 Å². The van der Waals surface area contributed by atoms with Gasteiger partial charge in [0.15, 0.2) is 11.6 Å². The first-order valence-corrected chi connectivity index (χ1v) is 7.29. The Kier molecular flexibility index (Phi) is 4.92. The molecule has 0 heterocycles. The van der Waals surface area contributed by atoms with Crippen molar-refractivity contribution in [3.05, 3.63) is 35.4 Å². The quantitative estimate of drug-likeness (QED) is 0.850. The minimum atomic E-state index is -0.766. The van der Waals surface area contributed by atoms with Crippen LogP contribution in [0, 0.1) is 17.0 Å². The average Bonchev–Trinajstić information content (AvgIpc) is 2.42. The SMILES string of the molecule is NCCC1(CCc2ccc(F)c(F)c2)CCCCC1. The second kappa shape index (κ2) is 6.47. The summed E-state index contributed by atoms with van der Waals surface area (Å²) in [6.45, 7) is 0.720. The van der Waals surface area contributed by atoms with Crippen LogP contribution in [0.2, 0.25) is 0 Å². The van der Waals surface area contributed by atoms with Crippen molar-refractivity contribution >= 4 is 0 Å². The molecular formula is C16H23F2N. The number of hydrogen-bond acceptors (Lipinski definition) is 1. The van der Waals surface area contributed by atoms with E-state index < -0.39 is 11.6 Å². The number of halogens is 2. The fraction of sp³-hybridized carbons (Fsp3) is 0.625. The smallest absolute Gasteiger partial charge is 0.159 e. The first-order chi connectivity index (χ1) is 9.15. The first-order valence-electron chi connectivity index (χ1n) is 7.29. The van der Waals surface area contributed by atoms with Gasteiger partial charge in [0.05, 0.1) is 0 Å². The second-order valence-electron chi connectivity index (χ2n) is 5.85. The number of hydrogen-bond donors (Lipinski definition) is 1. The summed E-state index contributed by atoms with van der Waals surface area (Å²) in [5.41, 5.74) is 6.97. The molecule has 0 aromatic heterocycles. The molecular weight excluding hydrogens is 244 g/mol. The van der Waals surface area contributed by atoms with Gasteiger partial charge in [-0.1, -0.05) is 25.3 Å². The molecule has 0 aliphatic heterocycles. The Hall–Kier alpha value is -0.960. The minimum Gasteiger partial charge on any atom is -0.330 e. The van der Waals surface area contributed by atoms with Gasteiger partial charge in [-0.25, -0.2) is 8.78 Å². The lowest BCUT2D eigenvalue weighted by atomic mass is 9.68. The summed E-state index contributed by atoms with van der Waals surface area (Å²) in [5.74, 6) is -1.51. The third-order valence-electron chi connectivity index (χ3n) is 4.52. The van der Waals surface area contributed by atoms with Crippen LogP contribution in [0.4, 0.5) is 8.78 Å². The molecule has 1 aromatic carbocycles. The second-order valence-corrected chi connectivity index (χ2v) is 5.85. The molecule has 0 radical (unpaired) electrons. The van der Waals surface area contributed by atoms with Crippen LogP contribution in [0.5, 0.6) is 0 Å². The largest absolute Gasteiger partial charge is 0.330 e. The molecule has 3 heteroatoms. The molecule has 0 atom stereocenters. The van der Waals surface area contributed by atoms with Crippen molar-refractivity contribution in [2.45, 2.75) is 51.4 Å². The van der Waals surface area contributed by atoms with Gasteiger partial charge in [-0.2, -0.15) is 0 Å². The van der Waals surface area contributed by atoms with E-state index in [1.165, 1.54) is 44.2 Å². The molecule has 1 aliphatic rings. The zero-order chi connectivity index (χ0) is 13.7. The minimum absolute atomic E-state index is 0.331. The Morgan fingerprint density at radius 2 is 1.74 bits per heavy atom. The van der Waals surface area contributed by atoms with Crippen LogP contribution in [-0.2, 0) is 6.42 Å². The highest BCUT2D eigenvalue weighted by Crippen LogP contribution is 2.42. The normalized spacial score (nSPS) is 18.5. The summed E-state index contributed by atoms with van der Waals surface area (Å²) < 4.78 is 26.1. The molecule has 1 nitrogen and oxygen atoms in total. The number of benzene rings is 1. The lowest BCUT2D eigenvalue weighted by Gasteiger charge is -2.37. The summed E-state index contributed by atoms with van der Waals surface area (Å²) in [6.07, 6.45) is 9.23. The van der Waals surface area contributed by atoms with Crippen molar-refractivity contribution < 1.29 is 8.78 Å². The van der Waals surface area contributed by atoms with Crippen molar-refractivity contribution in [3.63, 3.8) is 0 Å². The molecule has 1 fully saturated rings. The fourth-order valence-corrected chi connectivity index (χ4v) is 3.34. The van der Waals surface area contributed by atoms with Crippen LogP contribution in [0.15, 0.2) is 18.2 Å². The van der Waals surface area contributed by atoms with E-state index in [1.807, 2.05) is 0 Å². The van der Waals surface area contributed by atoms with Crippen molar-refractivity contribution in [1.82, 2.24) is 0 Å². The van der Waals surface area contributed by atoms with Gasteiger partial charge in [0.1, 0.15) is 0 Å². The Morgan fingerprint density at radius 1 is 1.00 bits per heavy atom. The van der Waals surface area contributed by atoms with Gasteiger partial charge in [-0.3, -0.25) is 0 Å². The summed E-state index contributed by atoms with van der Waals surface area (Å²) in [4.78, 5) is 0. The van der Waals surface area contributed by atoms with Gasteiger partial charge >= 0.3 is 0 Å². The number of nitrogens with two attached hydrogens (primary N) is 1. The highest BCUT2D eigenvalue weighted by molar-refractivity contribution is 5.18. The fourth-order valence-electron chi connectivity index (χ4n) is 3.34. The van der Waals surface area contributed by atoms with Crippen LogP contribution in [0.25, 0.3) is 0 Å². The van der Waals surface area contributed by atoms with E-state index in [0.717, 1.165) is 31.4 Å². The van der Waals surface area contributed by atoms with E-state index in [-0.39, 0.29) is 0 Å². The highest BCUT2D eigenvalue weighted by atomic mass is 19.2.